The monoisotopic (exact) mass is 299 g/mol. The maximum Gasteiger partial charge on any atom is 0.223 e. The first-order chi connectivity index (χ1) is 8.19. The number of hydrogen-bond acceptors (Lipinski definition) is 3. The zero-order valence-electron chi connectivity index (χ0n) is 9.53. The zero-order chi connectivity index (χ0) is 12.7. The van der Waals surface area contributed by atoms with Crippen molar-refractivity contribution in [1.82, 2.24) is 5.32 Å². The Labute approximate surface area is 108 Å². The third kappa shape index (κ3) is 4.19. The largest absolute Gasteiger partial charge is 0.491 e. The Morgan fingerprint density at radius 1 is 1.53 bits per heavy atom. The van der Waals surface area contributed by atoms with E-state index in [1.165, 1.54) is 0 Å². The summed E-state index contributed by atoms with van der Waals surface area (Å²) in [5, 5.41) is 2.67. The molecule has 5 heteroatoms. The molecule has 0 saturated carbocycles. The number of ether oxygens (including phenoxy) is 1. The van der Waals surface area contributed by atoms with Crippen molar-refractivity contribution in [3.63, 3.8) is 0 Å². The summed E-state index contributed by atoms with van der Waals surface area (Å²) in [6.07, 6.45) is 1.000. The number of halogens is 1. The van der Waals surface area contributed by atoms with Gasteiger partial charge in [-0.05, 0) is 35.0 Å². The Morgan fingerprint density at radius 3 is 2.94 bits per heavy atom. The molecule has 0 aliphatic heterocycles. The van der Waals surface area contributed by atoms with E-state index in [1.807, 2.05) is 6.92 Å². The molecule has 92 valence electrons. The molecule has 0 unspecified atom stereocenters. The smallest absolute Gasteiger partial charge is 0.223 e. The van der Waals surface area contributed by atoms with Gasteiger partial charge in [0, 0.05) is 6.54 Å². The Balaban J connectivity index is 2.57. The van der Waals surface area contributed by atoms with E-state index >= 15 is 0 Å². The van der Waals surface area contributed by atoms with Crippen LogP contribution in [-0.2, 0) is 4.79 Å². The fourth-order valence-electron chi connectivity index (χ4n) is 1.30. The van der Waals surface area contributed by atoms with Crippen molar-refractivity contribution >= 4 is 28.1 Å². The second-order valence-electron chi connectivity index (χ2n) is 3.33. The standard InChI is InChI=1S/C12H14BrNO3/c1-2-14-11(16)6-7-17-12-9(8-15)4-3-5-10(12)13/h3-5,8H,2,6-7H2,1H3,(H,14,16). The van der Waals surface area contributed by atoms with E-state index < -0.39 is 0 Å². The van der Waals surface area contributed by atoms with Gasteiger partial charge in [-0.1, -0.05) is 6.07 Å². The topological polar surface area (TPSA) is 55.4 Å². The van der Waals surface area contributed by atoms with Crippen LogP contribution in [0.2, 0.25) is 0 Å². The molecule has 1 N–H and O–H groups in total. The molecule has 0 aromatic heterocycles. The number of carbonyl (C=O) groups excluding carboxylic acids is 2. The number of aldehydes is 1. The third-order valence-electron chi connectivity index (χ3n) is 2.07. The summed E-state index contributed by atoms with van der Waals surface area (Å²) >= 11 is 3.30. The molecular weight excluding hydrogens is 286 g/mol. The summed E-state index contributed by atoms with van der Waals surface area (Å²) in [5.74, 6) is 0.416. The second kappa shape index (κ2) is 7.06. The molecule has 0 saturated heterocycles. The molecule has 0 bridgehead atoms. The van der Waals surface area contributed by atoms with Crippen LogP contribution in [0.5, 0.6) is 5.75 Å². The van der Waals surface area contributed by atoms with Crippen molar-refractivity contribution < 1.29 is 14.3 Å². The molecule has 0 aliphatic rings. The highest BCUT2D eigenvalue weighted by Gasteiger charge is 2.08. The predicted molar refractivity (Wildman–Crippen MR) is 68.3 cm³/mol. The van der Waals surface area contributed by atoms with Crippen molar-refractivity contribution in [1.29, 1.82) is 0 Å². The number of carbonyl (C=O) groups is 2. The first-order valence-electron chi connectivity index (χ1n) is 5.32. The van der Waals surface area contributed by atoms with Gasteiger partial charge in [0.05, 0.1) is 23.1 Å². The highest BCUT2D eigenvalue weighted by atomic mass is 79.9. The van der Waals surface area contributed by atoms with Crippen LogP contribution < -0.4 is 10.1 Å². The summed E-state index contributed by atoms with van der Waals surface area (Å²) in [6, 6.07) is 5.21. The average molecular weight is 300 g/mol. The highest BCUT2D eigenvalue weighted by molar-refractivity contribution is 9.10. The lowest BCUT2D eigenvalue weighted by atomic mass is 10.2. The SMILES string of the molecule is CCNC(=O)CCOc1c(Br)cccc1C=O. The Hall–Kier alpha value is -1.36. The number of benzene rings is 1. The van der Waals surface area contributed by atoms with Gasteiger partial charge in [0.15, 0.2) is 6.29 Å². The van der Waals surface area contributed by atoms with Crippen molar-refractivity contribution in [2.45, 2.75) is 13.3 Å². The van der Waals surface area contributed by atoms with E-state index in [0.29, 0.717) is 22.3 Å². The minimum Gasteiger partial charge on any atom is -0.491 e. The first kappa shape index (κ1) is 13.7. The first-order valence-corrected chi connectivity index (χ1v) is 6.11. The number of amides is 1. The van der Waals surface area contributed by atoms with Crippen LogP contribution in [0.1, 0.15) is 23.7 Å². The zero-order valence-corrected chi connectivity index (χ0v) is 11.1. The van der Waals surface area contributed by atoms with E-state index in [0.717, 1.165) is 6.29 Å². The van der Waals surface area contributed by atoms with Crippen LogP contribution >= 0.6 is 15.9 Å². The van der Waals surface area contributed by atoms with Gasteiger partial charge >= 0.3 is 0 Å². The summed E-state index contributed by atoms with van der Waals surface area (Å²) in [5.41, 5.74) is 0.468. The van der Waals surface area contributed by atoms with Gasteiger partial charge in [-0.25, -0.2) is 0 Å². The number of nitrogens with one attached hydrogen (secondary N) is 1. The van der Waals surface area contributed by atoms with Gasteiger partial charge < -0.3 is 10.1 Å². The van der Waals surface area contributed by atoms with Crippen LogP contribution in [0, 0.1) is 0 Å². The Morgan fingerprint density at radius 2 is 2.29 bits per heavy atom. The fourth-order valence-corrected chi connectivity index (χ4v) is 1.80. The quantitative estimate of drug-likeness (QED) is 0.819. The maximum atomic E-state index is 11.2. The number of para-hydroxylation sites is 1. The normalized spacial score (nSPS) is 9.76. The molecule has 0 radical (unpaired) electrons. The number of rotatable bonds is 6. The van der Waals surface area contributed by atoms with E-state index in [-0.39, 0.29) is 18.9 Å². The third-order valence-corrected chi connectivity index (χ3v) is 2.70. The van der Waals surface area contributed by atoms with Crippen molar-refractivity contribution in [3.05, 3.63) is 28.2 Å². The number of hydrogen-bond donors (Lipinski definition) is 1. The van der Waals surface area contributed by atoms with E-state index in [9.17, 15) is 9.59 Å². The summed E-state index contributed by atoms with van der Waals surface area (Å²) in [7, 11) is 0. The molecular formula is C12H14BrNO3. The predicted octanol–water partition coefficient (Wildman–Crippen LogP) is 2.17. The van der Waals surface area contributed by atoms with Gasteiger partial charge in [-0.2, -0.15) is 0 Å². The van der Waals surface area contributed by atoms with Crippen molar-refractivity contribution in [2.75, 3.05) is 13.2 Å². The molecule has 1 rings (SSSR count). The van der Waals surface area contributed by atoms with Crippen molar-refractivity contribution in [2.24, 2.45) is 0 Å². The van der Waals surface area contributed by atoms with Gasteiger partial charge in [0.25, 0.3) is 0 Å². The molecule has 1 amide bonds. The van der Waals surface area contributed by atoms with Gasteiger partial charge in [0.1, 0.15) is 5.75 Å². The second-order valence-corrected chi connectivity index (χ2v) is 4.18. The maximum absolute atomic E-state index is 11.2. The Kier molecular flexibility index (Phi) is 5.69. The summed E-state index contributed by atoms with van der Waals surface area (Å²) in [4.78, 5) is 22.0. The van der Waals surface area contributed by atoms with Gasteiger partial charge in [-0.3, -0.25) is 9.59 Å². The molecule has 17 heavy (non-hydrogen) atoms. The molecule has 1 aromatic carbocycles. The summed E-state index contributed by atoms with van der Waals surface area (Å²) in [6.45, 7) is 2.71. The lowest BCUT2D eigenvalue weighted by Gasteiger charge is -2.10. The molecule has 0 fully saturated rings. The minimum absolute atomic E-state index is 0.0628. The van der Waals surface area contributed by atoms with Crippen molar-refractivity contribution in [3.8, 4) is 5.75 Å². The molecule has 4 nitrogen and oxygen atoms in total. The van der Waals surface area contributed by atoms with E-state index in [2.05, 4.69) is 21.2 Å². The van der Waals surface area contributed by atoms with Crippen LogP contribution in [-0.4, -0.2) is 25.3 Å². The van der Waals surface area contributed by atoms with Gasteiger partial charge in [0.2, 0.25) is 5.91 Å². The molecule has 0 heterocycles. The molecule has 0 atom stereocenters. The Bertz CT molecular complexity index is 407. The summed E-state index contributed by atoms with van der Waals surface area (Å²) < 4.78 is 6.14. The van der Waals surface area contributed by atoms with Crippen LogP contribution in [0.15, 0.2) is 22.7 Å². The highest BCUT2D eigenvalue weighted by Crippen LogP contribution is 2.27. The van der Waals surface area contributed by atoms with E-state index in [4.69, 9.17) is 4.74 Å². The average Bonchev–Trinajstić information content (AvgIpc) is 2.31. The van der Waals surface area contributed by atoms with Crippen LogP contribution in [0.25, 0.3) is 0 Å². The van der Waals surface area contributed by atoms with Crippen LogP contribution in [0.4, 0.5) is 0 Å². The molecule has 1 aromatic rings. The fraction of sp³-hybridized carbons (Fsp3) is 0.333. The van der Waals surface area contributed by atoms with Crippen LogP contribution in [0.3, 0.4) is 0 Å². The van der Waals surface area contributed by atoms with Gasteiger partial charge in [-0.15, -0.1) is 0 Å². The van der Waals surface area contributed by atoms with E-state index in [1.54, 1.807) is 18.2 Å². The molecule has 0 aliphatic carbocycles. The lowest BCUT2D eigenvalue weighted by Crippen LogP contribution is -2.24. The molecule has 0 spiro atoms. The minimum atomic E-state index is -0.0628. The lowest BCUT2D eigenvalue weighted by molar-refractivity contribution is -0.121.